The topological polar surface area (TPSA) is 227 Å². The zero-order valence-electron chi connectivity index (χ0n) is 23.8. The van der Waals surface area contributed by atoms with Gasteiger partial charge in [0.15, 0.2) is 23.5 Å². The molecule has 3 aromatic rings. The van der Waals surface area contributed by atoms with Crippen LogP contribution in [0.4, 0.5) is 0 Å². The summed E-state index contributed by atoms with van der Waals surface area (Å²) in [5.74, 6) is -0.346. The van der Waals surface area contributed by atoms with Crippen LogP contribution in [0.5, 0.6) is 23.0 Å². The molecular formula is C29H34O15. The fraction of sp³-hybridized carbons (Fsp3) is 0.483. The molecule has 0 spiro atoms. The predicted octanol–water partition coefficient (Wildman–Crippen LogP) is -0.787. The Kier molecular flexibility index (Phi) is 9.31. The smallest absolute Gasteiger partial charge is 0.235 e. The van der Waals surface area contributed by atoms with Gasteiger partial charge in [0, 0.05) is 11.6 Å². The molecule has 0 radical (unpaired) electrons. The molecule has 44 heavy (non-hydrogen) atoms. The van der Waals surface area contributed by atoms with Crippen molar-refractivity contribution in [2.45, 2.75) is 68.3 Å². The maximum Gasteiger partial charge on any atom is 0.235 e. The van der Waals surface area contributed by atoms with Gasteiger partial charge in [-0.2, -0.15) is 0 Å². The van der Waals surface area contributed by atoms with Crippen LogP contribution in [-0.4, -0.2) is 118 Å². The van der Waals surface area contributed by atoms with Gasteiger partial charge in [0.2, 0.25) is 17.5 Å². The Morgan fingerprint density at radius 2 is 1.48 bits per heavy atom. The van der Waals surface area contributed by atoms with E-state index in [1.165, 1.54) is 51.5 Å². The zero-order chi connectivity index (χ0) is 31.9. The highest BCUT2D eigenvalue weighted by atomic mass is 16.7. The number of aromatic hydroxyl groups is 1. The summed E-state index contributed by atoms with van der Waals surface area (Å²) < 4.78 is 38.8. The van der Waals surface area contributed by atoms with Gasteiger partial charge in [-0.3, -0.25) is 4.79 Å². The summed E-state index contributed by atoms with van der Waals surface area (Å²) >= 11 is 0. The number of methoxy groups -OCH3 is 2. The normalized spacial score (nSPS) is 32.4. The molecule has 0 saturated carbocycles. The van der Waals surface area contributed by atoms with Gasteiger partial charge in [-0.15, -0.1) is 0 Å². The lowest BCUT2D eigenvalue weighted by atomic mass is 9.98. The number of aliphatic hydroxyl groups is 6. The van der Waals surface area contributed by atoms with Crippen molar-refractivity contribution < 1.29 is 68.6 Å². The summed E-state index contributed by atoms with van der Waals surface area (Å²) in [6, 6.07) is 8.79. The number of fused-ring (bicyclic) bond motifs is 1. The van der Waals surface area contributed by atoms with E-state index < -0.39 is 79.2 Å². The second kappa shape index (κ2) is 12.8. The van der Waals surface area contributed by atoms with E-state index in [9.17, 15) is 40.5 Å². The quantitative estimate of drug-likeness (QED) is 0.163. The average Bonchev–Trinajstić information content (AvgIpc) is 3.03. The second-order valence-corrected chi connectivity index (χ2v) is 10.5. The second-order valence-electron chi connectivity index (χ2n) is 10.5. The van der Waals surface area contributed by atoms with Gasteiger partial charge in [0.05, 0.1) is 32.3 Å². The van der Waals surface area contributed by atoms with Crippen LogP contribution in [0, 0.1) is 0 Å². The number of hydrogen-bond donors (Lipinski definition) is 7. The van der Waals surface area contributed by atoms with Crippen LogP contribution in [0.2, 0.25) is 0 Å². The van der Waals surface area contributed by atoms with Crippen LogP contribution < -0.4 is 19.6 Å². The molecule has 15 heteroatoms. The highest BCUT2D eigenvalue weighted by Crippen LogP contribution is 2.38. The molecule has 0 unspecified atom stereocenters. The minimum absolute atomic E-state index is 0.0536. The fourth-order valence-electron chi connectivity index (χ4n) is 5.01. The van der Waals surface area contributed by atoms with E-state index in [4.69, 9.17) is 32.8 Å². The molecule has 1 aromatic heterocycles. The molecular weight excluding hydrogens is 588 g/mol. The molecule has 3 heterocycles. The average molecular weight is 623 g/mol. The summed E-state index contributed by atoms with van der Waals surface area (Å²) in [5, 5.41) is 72.7. The summed E-state index contributed by atoms with van der Waals surface area (Å²) in [7, 11) is 2.79. The summed E-state index contributed by atoms with van der Waals surface area (Å²) in [5.41, 5.74) is -0.351. The van der Waals surface area contributed by atoms with Crippen molar-refractivity contribution in [2.24, 2.45) is 0 Å². The lowest BCUT2D eigenvalue weighted by Crippen LogP contribution is -2.61. The van der Waals surface area contributed by atoms with Crippen molar-refractivity contribution in [3.05, 3.63) is 46.6 Å². The van der Waals surface area contributed by atoms with Crippen LogP contribution in [0.25, 0.3) is 22.3 Å². The molecule has 0 amide bonds. The first-order valence-corrected chi connectivity index (χ1v) is 13.6. The van der Waals surface area contributed by atoms with Crippen molar-refractivity contribution in [3.8, 4) is 34.3 Å². The van der Waals surface area contributed by atoms with E-state index in [1.54, 1.807) is 6.07 Å². The van der Waals surface area contributed by atoms with Crippen LogP contribution in [0.15, 0.2) is 45.6 Å². The van der Waals surface area contributed by atoms with Crippen LogP contribution >= 0.6 is 0 Å². The Morgan fingerprint density at radius 3 is 2.18 bits per heavy atom. The van der Waals surface area contributed by atoms with Gasteiger partial charge in [-0.25, -0.2) is 0 Å². The molecule has 2 aliphatic rings. The van der Waals surface area contributed by atoms with E-state index in [0.717, 1.165) is 0 Å². The number of rotatable bonds is 8. The molecule has 10 atom stereocenters. The van der Waals surface area contributed by atoms with Crippen LogP contribution in [-0.2, 0) is 14.2 Å². The molecule has 2 saturated heterocycles. The molecule has 0 bridgehead atoms. The highest BCUT2D eigenvalue weighted by Gasteiger charge is 2.47. The Morgan fingerprint density at radius 1 is 0.773 bits per heavy atom. The van der Waals surface area contributed by atoms with Crippen molar-refractivity contribution in [1.82, 2.24) is 0 Å². The Balaban J connectivity index is 1.39. The van der Waals surface area contributed by atoms with Crippen LogP contribution in [0.3, 0.4) is 0 Å². The lowest BCUT2D eigenvalue weighted by molar-refractivity contribution is -0.318. The Hall–Kier alpha value is -3.51. The molecule has 2 aromatic carbocycles. The fourth-order valence-corrected chi connectivity index (χ4v) is 5.01. The van der Waals surface area contributed by atoms with Gasteiger partial charge in [0.25, 0.3) is 0 Å². The number of aliphatic hydroxyl groups excluding tert-OH is 6. The van der Waals surface area contributed by atoms with E-state index in [0.29, 0.717) is 5.75 Å². The minimum Gasteiger partial charge on any atom is -0.502 e. The first kappa shape index (κ1) is 31.9. The number of hydrogen-bond acceptors (Lipinski definition) is 15. The predicted molar refractivity (Wildman–Crippen MR) is 148 cm³/mol. The van der Waals surface area contributed by atoms with E-state index >= 15 is 0 Å². The standard InChI is InChI=1S/C29H34O15/c1-11-19(30)22(33)25(36)28(41-11)40-10-18-21(32)23(34)26(37)29(44-18)43-17-8-12(4-7-15(17)39-3)27-24(35)20(31)14-6-5-13(38-2)9-16(14)42-27/h4-9,11,18-19,21-23,25-26,28-30,32-37H,10H2,1-3H3/t11-,18+,19-,21+,22+,23-,25+,26+,28+,29-/m0/s1. The van der Waals surface area contributed by atoms with E-state index in [1.807, 2.05) is 0 Å². The largest absolute Gasteiger partial charge is 0.502 e. The van der Waals surface area contributed by atoms with Gasteiger partial charge in [-0.05, 0) is 37.3 Å². The molecule has 5 rings (SSSR count). The third kappa shape index (κ3) is 5.93. The Labute approximate surface area is 249 Å². The number of benzene rings is 2. The molecule has 2 aliphatic heterocycles. The van der Waals surface area contributed by atoms with Gasteiger partial charge < -0.3 is 68.6 Å². The van der Waals surface area contributed by atoms with E-state index in [2.05, 4.69) is 0 Å². The first-order chi connectivity index (χ1) is 20.9. The third-order valence-electron chi connectivity index (χ3n) is 7.65. The molecule has 0 aliphatic carbocycles. The third-order valence-corrected chi connectivity index (χ3v) is 7.65. The van der Waals surface area contributed by atoms with Gasteiger partial charge >= 0.3 is 0 Å². The summed E-state index contributed by atoms with van der Waals surface area (Å²) in [6.45, 7) is 0.978. The maximum absolute atomic E-state index is 12.9. The van der Waals surface area contributed by atoms with E-state index in [-0.39, 0.29) is 33.8 Å². The SMILES string of the molecule is COc1ccc2c(=O)c(O)c(-c3ccc(OC)c(O[C@H]4O[C@H](CO[C@@H]5O[C@@H](C)[C@H](O)[C@@H](O)[C@H]5O)[C@@H](O)[C@H](O)[C@H]4O)c3)oc2c1. The number of ether oxygens (including phenoxy) is 6. The summed E-state index contributed by atoms with van der Waals surface area (Å²) in [4.78, 5) is 12.9. The first-order valence-electron chi connectivity index (χ1n) is 13.6. The molecule has 2 fully saturated rings. The summed E-state index contributed by atoms with van der Waals surface area (Å²) in [6.07, 6.45) is -14.9. The molecule has 15 nitrogen and oxygen atoms in total. The minimum atomic E-state index is -1.77. The maximum atomic E-state index is 12.9. The lowest BCUT2D eigenvalue weighted by Gasteiger charge is -2.42. The highest BCUT2D eigenvalue weighted by molar-refractivity contribution is 5.83. The molecule has 240 valence electrons. The Bertz CT molecular complexity index is 1520. The zero-order valence-corrected chi connectivity index (χ0v) is 23.8. The van der Waals surface area contributed by atoms with Gasteiger partial charge in [0.1, 0.15) is 54.1 Å². The van der Waals surface area contributed by atoms with Crippen molar-refractivity contribution in [2.75, 3.05) is 20.8 Å². The molecule has 7 N–H and O–H groups in total. The van der Waals surface area contributed by atoms with Crippen molar-refractivity contribution in [1.29, 1.82) is 0 Å². The monoisotopic (exact) mass is 622 g/mol. The van der Waals surface area contributed by atoms with Crippen molar-refractivity contribution >= 4 is 11.0 Å². The van der Waals surface area contributed by atoms with Crippen LogP contribution in [0.1, 0.15) is 6.92 Å². The van der Waals surface area contributed by atoms with Gasteiger partial charge in [-0.1, -0.05) is 0 Å². The van der Waals surface area contributed by atoms with Crippen molar-refractivity contribution in [3.63, 3.8) is 0 Å².